The molecule has 1 fully saturated rings. The summed E-state index contributed by atoms with van der Waals surface area (Å²) in [5.74, 6) is 0.565. The largest absolute Gasteiger partial charge is 0.497 e. The predicted octanol–water partition coefficient (Wildman–Crippen LogP) is 4.11. The molecule has 1 atom stereocenters. The van der Waals surface area contributed by atoms with Gasteiger partial charge in [-0.05, 0) is 74.6 Å². The van der Waals surface area contributed by atoms with Crippen molar-refractivity contribution in [2.24, 2.45) is 0 Å². The topological polar surface area (TPSA) is 79.0 Å². The molecule has 0 spiro atoms. The van der Waals surface area contributed by atoms with Gasteiger partial charge in [0.2, 0.25) is 15.9 Å². The molecule has 1 aliphatic rings. The lowest BCUT2D eigenvalue weighted by atomic mass is 10.1. The summed E-state index contributed by atoms with van der Waals surface area (Å²) < 4.78 is 31.0. The summed E-state index contributed by atoms with van der Waals surface area (Å²) in [5.41, 5.74) is 2.84. The molecule has 0 saturated carbocycles. The van der Waals surface area contributed by atoms with Crippen LogP contribution in [0.4, 0.5) is 11.4 Å². The lowest BCUT2D eigenvalue weighted by Gasteiger charge is -2.29. The van der Waals surface area contributed by atoms with Crippen LogP contribution in [-0.2, 0) is 14.8 Å². The molecule has 7 nitrogen and oxygen atoms in total. The van der Waals surface area contributed by atoms with Crippen molar-refractivity contribution in [1.29, 1.82) is 0 Å². The number of benzene rings is 2. The predicted molar refractivity (Wildman–Crippen MR) is 133 cm³/mol. The van der Waals surface area contributed by atoms with Gasteiger partial charge >= 0.3 is 0 Å². The van der Waals surface area contributed by atoms with E-state index in [4.69, 9.17) is 4.74 Å². The zero-order valence-electron chi connectivity index (χ0n) is 19.8. The van der Waals surface area contributed by atoms with Crippen LogP contribution in [0.2, 0.25) is 0 Å². The van der Waals surface area contributed by atoms with Gasteiger partial charge in [0.05, 0.1) is 25.1 Å². The van der Waals surface area contributed by atoms with Crippen LogP contribution in [0.1, 0.15) is 50.6 Å². The van der Waals surface area contributed by atoms with Gasteiger partial charge in [-0.25, -0.2) is 8.42 Å². The fourth-order valence-corrected chi connectivity index (χ4v) is 5.11. The monoisotopic (exact) mass is 473 g/mol. The smallest absolute Gasteiger partial charge is 0.232 e. The van der Waals surface area contributed by atoms with E-state index in [2.05, 4.69) is 34.5 Å². The highest BCUT2D eigenvalue weighted by atomic mass is 32.2. The van der Waals surface area contributed by atoms with E-state index >= 15 is 0 Å². The molecule has 33 heavy (non-hydrogen) atoms. The van der Waals surface area contributed by atoms with Crippen molar-refractivity contribution in [2.45, 2.75) is 45.1 Å². The average molecular weight is 474 g/mol. The molecule has 1 amide bonds. The SMILES string of the molecule is COc1ccc(N(CCCC(=O)N[C@@H](C)c2ccc(N3CCCCC3)cc2)S(C)(=O)=O)cc1. The second kappa shape index (κ2) is 11.4. The van der Waals surface area contributed by atoms with Crippen molar-refractivity contribution in [1.82, 2.24) is 5.32 Å². The van der Waals surface area contributed by atoms with E-state index in [-0.39, 0.29) is 24.9 Å². The van der Waals surface area contributed by atoms with E-state index in [1.807, 2.05) is 6.92 Å². The molecule has 8 heteroatoms. The Balaban J connectivity index is 1.51. The van der Waals surface area contributed by atoms with Crippen LogP contribution in [0.3, 0.4) is 0 Å². The molecule has 2 aromatic carbocycles. The van der Waals surface area contributed by atoms with E-state index in [0.717, 1.165) is 18.7 Å². The van der Waals surface area contributed by atoms with Crippen LogP contribution in [0.5, 0.6) is 5.75 Å². The van der Waals surface area contributed by atoms with Gasteiger partial charge in [-0.15, -0.1) is 0 Å². The van der Waals surface area contributed by atoms with Crippen molar-refractivity contribution in [3.05, 3.63) is 54.1 Å². The maximum atomic E-state index is 12.5. The number of hydrogen-bond donors (Lipinski definition) is 1. The van der Waals surface area contributed by atoms with Gasteiger partial charge < -0.3 is 15.0 Å². The third-order valence-corrected chi connectivity index (χ3v) is 7.21. The summed E-state index contributed by atoms with van der Waals surface area (Å²) >= 11 is 0. The van der Waals surface area contributed by atoms with Crippen LogP contribution >= 0.6 is 0 Å². The Hall–Kier alpha value is -2.74. The Bertz CT molecular complexity index is 1000. The fourth-order valence-electron chi connectivity index (χ4n) is 4.14. The van der Waals surface area contributed by atoms with Crippen molar-refractivity contribution in [2.75, 3.05) is 42.2 Å². The minimum Gasteiger partial charge on any atom is -0.497 e. The number of anilines is 2. The van der Waals surface area contributed by atoms with E-state index < -0.39 is 10.0 Å². The molecule has 0 aromatic heterocycles. The lowest BCUT2D eigenvalue weighted by molar-refractivity contribution is -0.121. The molecule has 1 saturated heterocycles. The first-order valence-electron chi connectivity index (χ1n) is 11.5. The molecule has 3 rings (SSSR count). The molecule has 0 aliphatic carbocycles. The normalized spacial score (nSPS) is 15.1. The summed E-state index contributed by atoms with van der Waals surface area (Å²) in [6.07, 6.45) is 5.63. The van der Waals surface area contributed by atoms with E-state index in [0.29, 0.717) is 17.9 Å². The lowest BCUT2D eigenvalue weighted by Crippen LogP contribution is -2.32. The number of rotatable bonds is 10. The number of ether oxygens (including phenoxy) is 1. The van der Waals surface area contributed by atoms with Gasteiger partial charge in [-0.3, -0.25) is 9.10 Å². The number of amides is 1. The maximum Gasteiger partial charge on any atom is 0.232 e. The highest BCUT2D eigenvalue weighted by Gasteiger charge is 2.18. The first-order valence-corrected chi connectivity index (χ1v) is 13.4. The highest BCUT2D eigenvalue weighted by molar-refractivity contribution is 7.92. The Morgan fingerprint density at radius 3 is 2.27 bits per heavy atom. The van der Waals surface area contributed by atoms with Gasteiger partial charge in [0.1, 0.15) is 5.75 Å². The van der Waals surface area contributed by atoms with Crippen LogP contribution in [0, 0.1) is 0 Å². The third kappa shape index (κ3) is 7.12. The summed E-state index contributed by atoms with van der Waals surface area (Å²) in [4.78, 5) is 14.9. The van der Waals surface area contributed by atoms with Crippen molar-refractivity contribution >= 4 is 27.3 Å². The Labute approximate surface area is 197 Å². The minimum atomic E-state index is -3.46. The molecule has 0 bridgehead atoms. The number of methoxy groups -OCH3 is 1. The van der Waals surface area contributed by atoms with Crippen LogP contribution in [-0.4, -0.2) is 47.3 Å². The molecule has 180 valence electrons. The van der Waals surface area contributed by atoms with Crippen LogP contribution in [0.15, 0.2) is 48.5 Å². The molecule has 1 aliphatic heterocycles. The minimum absolute atomic E-state index is 0.0919. The molecular weight excluding hydrogens is 438 g/mol. The van der Waals surface area contributed by atoms with E-state index in [1.165, 1.54) is 35.5 Å². The molecule has 0 radical (unpaired) electrons. The Morgan fingerprint density at radius 1 is 1.06 bits per heavy atom. The summed E-state index contributed by atoms with van der Waals surface area (Å²) in [5, 5.41) is 3.03. The molecule has 1 N–H and O–H groups in total. The fraction of sp³-hybridized carbons (Fsp3) is 0.480. The molecule has 2 aromatic rings. The summed E-state index contributed by atoms with van der Waals surface area (Å²) in [7, 11) is -1.90. The van der Waals surface area contributed by atoms with Gasteiger partial charge in [0, 0.05) is 31.7 Å². The number of nitrogens with zero attached hydrogens (tertiary/aromatic N) is 2. The number of carbonyl (C=O) groups excluding carboxylic acids is 1. The highest BCUT2D eigenvalue weighted by Crippen LogP contribution is 2.24. The van der Waals surface area contributed by atoms with Crippen LogP contribution < -0.4 is 19.3 Å². The van der Waals surface area contributed by atoms with E-state index in [9.17, 15) is 13.2 Å². The second-order valence-electron chi connectivity index (χ2n) is 8.57. The molecule has 1 heterocycles. The number of piperidine rings is 1. The number of hydrogen-bond acceptors (Lipinski definition) is 5. The molecule has 0 unspecified atom stereocenters. The maximum absolute atomic E-state index is 12.5. The van der Waals surface area contributed by atoms with Gasteiger partial charge in [0.15, 0.2) is 0 Å². The quantitative estimate of drug-likeness (QED) is 0.562. The van der Waals surface area contributed by atoms with Crippen molar-refractivity contribution < 1.29 is 17.9 Å². The first-order chi connectivity index (χ1) is 15.8. The zero-order valence-corrected chi connectivity index (χ0v) is 20.6. The Morgan fingerprint density at radius 2 is 1.70 bits per heavy atom. The van der Waals surface area contributed by atoms with Gasteiger partial charge in [-0.2, -0.15) is 0 Å². The summed E-state index contributed by atoms with van der Waals surface area (Å²) in [6, 6.07) is 15.1. The average Bonchev–Trinajstić information content (AvgIpc) is 2.82. The standard InChI is InChI=1S/C25H35N3O4S/c1-20(21-9-11-22(12-10-21)27-17-5-4-6-18-27)26-25(29)8-7-19-28(33(3,30)31)23-13-15-24(32-2)16-14-23/h9-16,20H,4-8,17-19H2,1-3H3,(H,26,29)/t20-/m0/s1. The number of carbonyl (C=O) groups is 1. The zero-order chi connectivity index (χ0) is 23.8. The van der Waals surface area contributed by atoms with Crippen molar-refractivity contribution in [3.8, 4) is 5.75 Å². The van der Waals surface area contributed by atoms with Crippen LogP contribution in [0.25, 0.3) is 0 Å². The number of sulfonamides is 1. The second-order valence-corrected chi connectivity index (χ2v) is 10.5. The number of nitrogens with one attached hydrogen (secondary N) is 1. The van der Waals surface area contributed by atoms with Gasteiger partial charge in [-0.1, -0.05) is 12.1 Å². The third-order valence-electron chi connectivity index (χ3n) is 6.02. The first kappa shape index (κ1) is 24.9. The molecular formula is C25H35N3O4S. The van der Waals surface area contributed by atoms with Gasteiger partial charge in [0.25, 0.3) is 0 Å². The summed E-state index contributed by atoms with van der Waals surface area (Å²) in [6.45, 7) is 4.41. The van der Waals surface area contributed by atoms with E-state index in [1.54, 1.807) is 31.4 Å². The Kier molecular flexibility index (Phi) is 8.61. The van der Waals surface area contributed by atoms with Crippen molar-refractivity contribution in [3.63, 3.8) is 0 Å².